The average molecular weight is 141 g/mol. The Morgan fingerprint density at radius 2 is 2.10 bits per heavy atom. The van der Waals surface area contributed by atoms with Crippen LogP contribution in [0, 0.1) is 5.92 Å². The van der Waals surface area contributed by atoms with E-state index >= 15 is 0 Å². The highest BCUT2D eigenvalue weighted by atomic mass is 16.5. The van der Waals surface area contributed by atoms with Gasteiger partial charge in [0, 0.05) is 12.6 Å². The molecule has 58 valence electrons. The van der Waals surface area contributed by atoms with Gasteiger partial charge in [0.05, 0.1) is 6.10 Å². The van der Waals surface area contributed by atoms with E-state index in [1.54, 1.807) is 0 Å². The third kappa shape index (κ3) is 1.18. The van der Waals surface area contributed by atoms with Crippen LogP contribution in [0.1, 0.15) is 25.7 Å². The van der Waals surface area contributed by atoms with Gasteiger partial charge in [-0.3, -0.25) is 0 Å². The highest BCUT2D eigenvalue weighted by molar-refractivity contribution is 4.82. The minimum absolute atomic E-state index is 0.412. The molecule has 1 saturated heterocycles. The minimum atomic E-state index is 0.412. The van der Waals surface area contributed by atoms with E-state index in [-0.39, 0.29) is 0 Å². The molecule has 1 heterocycles. The Balaban J connectivity index is 1.99. The molecule has 10 heavy (non-hydrogen) atoms. The maximum atomic E-state index is 5.84. The van der Waals surface area contributed by atoms with E-state index in [1.165, 1.54) is 19.3 Å². The molecular formula is C8H15NO. The van der Waals surface area contributed by atoms with Crippen molar-refractivity contribution in [2.75, 3.05) is 6.61 Å². The van der Waals surface area contributed by atoms with Gasteiger partial charge in [-0.05, 0) is 31.6 Å². The molecule has 0 aromatic heterocycles. The second-order valence-electron chi connectivity index (χ2n) is 3.63. The molecule has 2 nitrogen and oxygen atoms in total. The first kappa shape index (κ1) is 6.62. The van der Waals surface area contributed by atoms with Crippen molar-refractivity contribution < 1.29 is 4.74 Å². The van der Waals surface area contributed by atoms with Crippen LogP contribution in [-0.2, 0) is 4.74 Å². The molecule has 2 rings (SSSR count). The summed E-state index contributed by atoms with van der Waals surface area (Å²) >= 11 is 0. The minimum Gasteiger partial charge on any atom is -0.378 e. The topological polar surface area (TPSA) is 35.2 Å². The molecule has 2 fully saturated rings. The van der Waals surface area contributed by atoms with E-state index in [9.17, 15) is 0 Å². The van der Waals surface area contributed by atoms with Crippen LogP contribution in [0.3, 0.4) is 0 Å². The second-order valence-corrected chi connectivity index (χ2v) is 3.63. The zero-order valence-corrected chi connectivity index (χ0v) is 6.25. The zero-order chi connectivity index (χ0) is 6.97. The van der Waals surface area contributed by atoms with Gasteiger partial charge < -0.3 is 10.5 Å². The van der Waals surface area contributed by atoms with Crippen molar-refractivity contribution in [3.8, 4) is 0 Å². The standard InChI is InChI=1S/C8H15NO/c9-7-2-1-6-3-8(4-7)10-5-6/h6-8H,1-5,9H2/t6?,7-,8-/m1/s1. The Hall–Kier alpha value is -0.0800. The predicted octanol–water partition coefficient (Wildman–Crippen LogP) is 0.903. The zero-order valence-electron chi connectivity index (χ0n) is 6.25. The fourth-order valence-electron chi connectivity index (χ4n) is 2.05. The number of ether oxygens (including phenoxy) is 1. The van der Waals surface area contributed by atoms with Crippen LogP contribution in [0.2, 0.25) is 0 Å². The lowest BCUT2D eigenvalue weighted by molar-refractivity contribution is 0.0868. The Bertz CT molecular complexity index is 126. The number of hydrogen-bond donors (Lipinski definition) is 1. The fourth-order valence-corrected chi connectivity index (χ4v) is 2.05. The maximum Gasteiger partial charge on any atom is 0.0593 e. The summed E-state index contributed by atoms with van der Waals surface area (Å²) in [6.45, 7) is 0.997. The van der Waals surface area contributed by atoms with Gasteiger partial charge in [0.15, 0.2) is 0 Å². The molecule has 0 amide bonds. The van der Waals surface area contributed by atoms with Crippen LogP contribution >= 0.6 is 0 Å². The quantitative estimate of drug-likeness (QED) is 0.544. The van der Waals surface area contributed by atoms with Crippen LogP contribution in [0.25, 0.3) is 0 Å². The van der Waals surface area contributed by atoms with Crippen LogP contribution < -0.4 is 5.73 Å². The summed E-state index contributed by atoms with van der Waals surface area (Å²) in [6.07, 6.45) is 5.37. The van der Waals surface area contributed by atoms with Gasteiger partial charge in [0.25, 0.3) is 0 Å². The average Bonchev–Trinajstić information content (AvgIpc) is 2.22. The molecule has 2 bridgehead atoms. The molecule has 0 aromatic carbocycles. The third-order valence-electron chi connectivity index (χ3n) is 2.68. The molecule has 2 aliphatic rings. The molecule has 1 unspecified atom stereocenters. The highest BCUT2D eigenvalue weighted by Gasteiger charge is 2.30. The maximum absolute atomic E-state index is 5.84. The number of rotatable bonds is 0. The lowest BCUT2D eigenvalue weighted by Crippen LogP contribution is -2.25. The van der Waals surface area contributed by atoms with Crippen molar-refractivity contribution in [1.82, 2.24) is 0 Å². The number of nitrogens with two attached hydrogens (primary N) is 1. The Morgan fingerprint density at radius 3 is 3.00 bits per heavy atom. The molecule has 2 heteroatoms. The van der Waals surface area contributed by atoms with Crippen LogP contribution in [0.5, 0.6) is 0 Å². The first-order valence-electron chi connectivity index (χ1n) is 4.22. The van der Waals surface area contributed by atoms with Gasteiger partial charge >= 0.3 is 0 Å². The van der Waals surface area contributed by atoms with Gasteiger partial charge in [0.2, 0.25) is 0 Å². The van der Waals surface area contributed by atoms with Gasteiger partial charge in [-0.25, -0.2) is 0 Å². The lowest BCUT2D eigenvalue weighted by Gasteiger charge is -2.14. The summed E-state index contributed by atoms with van der Waals surface area (Å²) in [4.78, 5) is 0. The van der Waals surface area contributed by atoms with Crippen molar-refractivity contribution in [1.29, 1.82) is 0 Å². The summed E-state index contributed by atoms with van der Waals surface area (Å²) < 4.78 is 5.55. The second kappa shape index (κ2) is 2.51. The molecule has 0 spiro atoms. The van der Waals surface area contributed by atoms with Crippen molar-refractivity contribution in [2.24, 2.45) is 11.7 Å². The van der Waals surface area contributed by atoms with Gasteiger partial charge in [0.1, 0.15) is 0 Å². The lowest BCUT2D eigenvalue weighted by atomic mass is 10.0. The molecule has 0 radical (unpaired) electrons. The summed E-state index contributed by atoms with van der Waals surface area (Å²) in [5, 5.41) is 0. The van der Waals surface area contributed by atoms with Crippen molar-refractivity contribution in [3.05, 3.63) is 0 Å². The van der Waals surface area contributed by atoms with Crippen molar-refractivity contribution in [2.45, 2.75) is 37.8 Å². The van der Waals surface area contributed by atoms with Gasteiger partial charge in [-0.15, -0.1) is 0 Å². The van der Waals surface area contributed by atoms with E-state index in [0.29, 0.717) is 12.1 Å². The molecule has 3 atom stereocenters. The largest absolute Gasteiger partial charge is 0.378 e. The molecule has 1 aliphatic carbocycles. The van der Waals surface area contributed by atoms with Crippen LogP contribution in [0.4, 0.5) is 0 Å². The molecule has 1 aliphatic heterocycles. The van der Waals surface area contributed by atoms with E-state index in [4.69, 9.17) is 10.5 Å². The summed E-state index contributed by atoms with van der Waals surface area (Å²) in [5.41, 5.74) is 5.84. The molecule has 1 saturated carbocycles. The summed E-state index contributed by atoms with van der Waals surface area (Å²) in [5.74, 6) is 0.832. The predicted molar refractivity (Wildman–Crippen MR) is 39.7 cm³/mol. The van der Waals surface area contributed by atoms with Gasteiger partial charge in [-0.1, -0.05) is 0 Å². The Labute approximate surface area is 61.7 Å². The third-order valence-corrected chi connectivity index (χ3v) is 2.68. The fraction of sp³-hybridized carbons (Fsp3) is 1.00. The first-order valence-corrected chi connectivity index (χ1v) is 4.22. The molecular weight excluding hydrogens is 126 g/mol. The smallest absolute Gasteiger partial charge is 0.0593 e. The van der Waals surface area contributed by atoms with E-state index in [1.807, 2.05) is 0 Å². The van der Waals surface area contributed by atoms with Crippen LogP contribution in [0.15, 0.2) is 0 Å². The SMILES string of the molecule is N[C@@H]1CCC2CO[C@H](C2)C1. The van der Waals surface area contributed by atoms with Crippen molar-refractivity contribution >= 4 is 0 Å². The highest BCUT2D eigenvalue weighted by Crippen LogP contribution is 2.30. The summed E-state index contributed by atoms with van der Waals surface area (Å²) in [7, 11) is 0. The number of fused-ring (bicyclic) bond motifs is 2. The molecule has 0 aromatic rings. The van der Waals surface area contributed by atoms with E-state index in [2.05, 4.69) is 0 Å². The number of hydrogen-bond acceptors (Lipinski definition) is 2. The van der Waals surface area contributed by atoms with Gasteiger partial charge in [-0.2, -0.15) is 0 Å². The Kier molecular flexibility index (Phi) is 1.66. The monoisotopic (exact) mass is 141 g/mol. The molecule has 2 N–H and O–H groups in total. The first-order chi connectivity index (χ1) is 4.84. The Morgan fingerprint density at radius 1 is 1.20 bits per heavy atom. The van der Waals surface area contributed by atoms with E-state index < -0.39 is 0 Å². The van der Waals surface area contributed by atoms with Crippen LogP contribution in [-0.4, -0.2) is 18.8 Å². The van der Waals surface area contributed by atoms with Crippen molar-refractivity contribution in [3.63, 3.8) is 0 Å². The summed E-state index contributed by atoms with van der Waals surface area (Å²) in [6, 6.07) is 0.412. The normalized spacial score (nSPS) is 47.1. The van der Waals surface area contributed by atoms with E-state index in [0.717, 1.165) is 18.9 Å².